The Morgan fingerprint density at radius 1 is 1.04 bits per heavy atom. The quantitative estimate of drug-likeness (QED) is 0.432. The number of amides is 1. The smallest absolute Gasteiger partial charge is 0.506 e. The molecule has 25 heavy (non-hydrogen) atoms. The van der Waals surface area contributed by atoms with Gasteiger partial charge in [-0.25, -0.2) is 9.59 Å². The number of benzene rings is 2. The number of hydrogen-bond donors (Lipinski definition) is 3. The number of carboxylic acid groups (broad SMARTS) is 1. The van der Waals surface area contributed by atoms with E-state index < -0.39 is 18.0 Å². The molecule has 0 fully saturated rings. The number of aromatic hydroxyl groups is 1. The first-order valence-corrected chi connectivity index (χ1v) is 7.23. The van der Waals surface area contributed by atoms with Crippen LogP contribution in [0.4, 0.5) is 10.5 Å². The van der Waals surface area contributed by atoms with Gasteiger partial charge in [0.15, 0.2) is 0 Å². The van der Waals surface area contributed by atoms with Crippen molar-refractivity contribution in [3.05, 3.63) is 53.6 Å². The largest absolute Gasteiger partial charge is 0.513 e. The Morgan fingerprint density at radius 2 is 1.68 bits per heavy atom. The lowest BCUT2D eigenvalue weighted by Gasteiger charge is -2.09. The molecule has 2 aromatic carbocycles. The van der Waals surface area contributed by atoms with E-state index in [0.29, 0.717) is 0 Å². The van der Waals surface area contributed by atoms with Crippen LogP contribution in [-0.4, -0.2) is 34.9 Å². The highest BCUT2D eigenvalue weighted by atomic mass is 16.7. The maximum atomic E-state index is 12.2. The topological polar surface area (TPSA) is 122 Å². The van der Waals surface area contributed by atoms with Crippen molar-refractivity contribution < 1.29 is 34.1 Å². The summed E-state index contributed by atoms with van der Waals surface area (Å²) in [6.45, 7) is 1.83. The van der Waals surface area contributed by atoms with Crippen molar-refractivity contribution in [2.75, 3.05) is 11.9 Å². The second kappa shape index (κ2) is 7.82. The van der Waals surface area contributed by atoms with Gasteiger partial charge in [-0.3, -0.25) is 4.79 Å². The highest BCUT2D eigenvalue weighted by molar-refractivity contribution is 6.05. The molecule has 0 saturated heterocycles. The molecule has 0 atom stereocenters. The molecule has 0 aliphatic carbocycles. The summed E-state index contributed by atoms with van der Waals surface area (Å²) in [6, 6.07) is 9.26. The standard InChI is InChI=1S/C17H15NO7/c1-2-24-17(23)25-12-6-3-10(4-7-12)15(20)18-13-8-5-11(16(21)22)9-14(13)19/h3-9,19H,2H2,1H3,(H,18,20)(H,21,22). The van der Waals surface area contributed by atoms with Gasteiger partial charge in [0, 0.05) is 5.56 Å². The first-order valence-electron chi connectivity index (χ1n) is 7.23. The number of hydrogen-bond acceptors (Lipinski definition) is 6. The van der Waals surface area contributed by atoms with Gasteiger partial charge >= 0.3 is 12.1 Å². The summed E-state index contributed by atoms with van der Waals surface area (Å²) in [6.07, 6.45) is -0.844. The van der Waals surface area contributed by atoms with Crippen LogP contribution in [0.5, 0.6) is 11.5 Å². The van der Waals surface area contributed by atoms with Crippen molar-refractivity contribution in [2.24, 2.45) is 0 Å². The van der Waals surface area contributed by atoms with Gasteiger partial charge in [-0.1, -0.05) is 0 Å². The van der Waals surface area contributed by atoms with E-state index in [1.807, 2.05) is 0 Å². The molecule has 8 nitrogen and oxygen atoms in total. The maximum absolute atomic E-state index is 12.2. The summed E-state index contributed by atoms with van der Waals surface area (Å²) in [5.41, 5.74) is 0.218. The third-order valence-corrected chi connectivity index (χ3v) is 3.07. The third-order valence-electron chi connectivity index (χ3n) is 3.07. The monoisotopic (exact) mass is 345 g/mol. The Labute approximate surface area is 142 Å². The minimum atomic E-state index is -1.19. The number of nitrogens with one attached hydrogen (secondary N) is 1. The highest BCUT2D eigenvalue weighted by Crippen LogP contribution is 2.25. The molecule has 0 aromatic heterocycles. The molecule has 0 bridgehead atoms. The first kappa shape index (κ1) is 17.8. The van der Waals surface area contributed by atoms with Crippen LogP contribution < -0.4 is 10.1 Å². The molecule has 1 amide bonds. The van der Waals surface area contributed by atoms with Crippen molar-refractivity contribution >= 4 is 23.7 Å². The molecule has 2 rings (SSSR count). The Bertz CT molecular complexity index is 799. The Balaban J connectivity index is 2.06. The SMILES string of the molecule is CCOC(=O)Oc1ccc(C(=O)Nc2ccc(C(=O)O)cc2O)cc1. The van der Waals surface area contributed by atoms with E-state index in [1.165, 1.54) is 36.4 Å². The van der Waals surface area contributed by atoms with E-state index in [-0.39, 0.29) is 34.9 Å². The summed E-state index contributed by atoms with van der Waals surface area (Å²) >= 11 is 0. The molecule has 0 spiro atoms. The lowest BCUT2D eigenvalue weighted by atomic mass is 10.1. The van der Waals surface area contributed by atoms with Crippen LogP contribution in [0.15, 0.2) is 42.5 Å². The minimum Gasteiger partial charge on any atom is -0.506 e. The molecule has 3 N–H and O–H groups in total. The van der Waals surface area contributed by atoms with Crippen LogP contribution in [0.25, 0.3) is 0 Å². The van der Waals surface area contributed by atoms with Gasteiger partial charge in [-0.2, -0.15) is 0 Å². The molecular weight excluding hydrogens is 330 g/mol. The van der Waals surface area contributed by atoms with Gasteiger partial charge in [0.05, 0.1) is 17.9 Å². The predicted octanol–water partition coefficient (Wildman–Crippen LogP) is 2.88. The minimum absolute atomic E-state index is 0.0712. The summed E-state index contributed by atoms with van der Waals surface area (Å²) in [5.74, 6) is -1.87. The molecule has 0 unspecified atom stereocenters. The lowest BCUT2D eigenvalue weighted by Crippen LogP contribution is -2.13. The number of phenols is 1. The molecule has 130 valence electrons. The number of anilines is 1. The molecule has 0 saturated carbocycles. The van der Waals surface area contributed by atoms with E-state index >= 15 is 0 Å². The Morgan fingerprint density at radius 3 is 2.24 bits per heavy atom. The fourth-order valence-corrected chi connectivity index (χ4v) is 1.88. The summed E-state index contributed by atoms with van der Waals surface area (Å²) in [4.78, 5) is 34.2. The van der Waals surface area contributed by atoms with Crippen LogP contribution in [-0.2, 0) is 4.74 Å². The summed E-state index contributed by atoms with van der Waals surface area (Å²) in [7, 11) is 0. The molecule has 0 aliphatic rings. The lowest BCUT2D eigenvalue weighted by molar-refractivity contribution is 0.0696. The van der Waals surface area contributed by atoms with E-state index in [4.69, 9.17) is 9.84 Å². The average molecular weight is 345 g/mol. The van der Waals surface area contributed by atoms with E-state index in [2.05, 4.69) is 10.1 Å². The van der Waals surface area contributed by atoms with Crippen molar-refractivity contribution in [3.8, 4) is 11.5 Å². The number of carboxylic acids is 1. The maximum Gasteiger partial charge on any atom is 0.513 e. The average Bonchev–Trinajstić information content (AvgIpc) is 2.57. The second-order valence-corrected chi connectivity index (χ2v) is 4.80. The van der Waals surface area contributed by atoms with E-state index in [1.54, 1.807) is 6.92 Å². The van der Waals surface area contributed by atoms with Crippen molar-refractivity contribution in [1.29, 1.82) is 0 Å². The van der Waals surface area contributed by atoms with Gasteiger partial charge in [-0.05, 0) is 49.4 Å². The van der Waals surface area contributed by atoms with Crippen molar-refractivity contribution in [1.82, 2.24) is 0 Å². The fraction of sp³-hybridized carbons (Fsp3) is 0.118. The highest BCUT2D eigenvalue weighted by Gasteiger charge is 2.12. The number of ether oxygens (including phenoxy) is 2. The molecule has 0 heterocycles. The molecular formula is C17H15NO7. The van der Waals surface area contributed by atoms with Crippen LogP contribution in [0.2, 0.25) is 0 Å². The third kappa shape index (κ3) is 4.71. The molecule has 0 aliphatic heterocycles. The van der Waals surface area contributed by atoms with E-state index in [9.17, 15) is 19.5 Å². The second-order valence-electron chi connectivity index (χ2n) is 4.80. The summed E-state index contributed by atoms with van der Waals surface area (Å²) in [5, 5.41) is 21.1. The molecule has 0 radical (unpaired) electrons. The van der Waals surface area contributed by atoms with Gasteiger partial charge in [-0.15, -0.1) is 0 Å². The molecule has 8 heteroatoms. The van der Waals surface area contributed by atoms with Crippen molar-refractivity contribution in [2.45, 2.75) is 6.92 Å². The first-order chi connectivity index (χ1) is 11.9. The normalized spacial score (nSPS) is 9.96. The van der Waals surface area contributed by atoms with Gasteiger partial charge < -0.3 is 25.0 Å². The zero-order valence-corrected chi connectivity index (χ0v) is 13.2. The zero-order valence-electron chi connectivity index (χ0n) is 13.2. The zero-order chi connectivity index (χ0) is 18.4. The fourth-order valence-electron chi connectivity index (χ4n) is 1.88. The van der Waals surface area contributed by atoms with Crippen molar-refractivity contribution in [3.63, 3.8) is 0 Å². The van der Waals surface area contributed by atoms with Crippen LogP contribution >= 0.6 is 0 Å². The molecule has 2 aromatic rings. The number of phenolic OH excluding ortho intramolecular Hbond substituents is 1. The van der Waals surface area contributed by atoms with Gasteiger partial charge in [0.2, 0.25) is 0 Å². The van der Waals surface area contributed by atoms with Crippen LogP contribution in [0.3, 0.4) is 0 Å². The Kier molecular flexibility index (Phi) is 5.57. The predicted molar refractivity (Wildman–Crippen MR) is 87.1 cm³/mol. The van der Waals surface area contributed by atoms with Gasteiger partial charge in [0.1, 0.15) is 11.5 Å². The number of carbonyl (C=O) groups is 3. The van der Waals surface area contributed by atoms with Crippen LogP contribution in [0, 0.1) is 0 Å². The number of aromatic carboxylic acids is 1. The number of carbonyl (C=O) groups excluding carboxylic acids is 2. The van der Waals surface area contributed by atoms with Crippen LogP contribution in [0.1, 0.15) is 27.6 Å². The summed E-state index contributed by atoms with van der Waals surface area (Å²) < 4.78 is 9.51. The Hall–Kier alpha value is -3.55. The number of rotatable bonds is 5. The van der Waals surface area contributed by atoms with E-state index in [0.717, 1.165) is 6.07 Å². The van der Waals surface area contributed by atoms with Gasteiger partial charge in [0.25, 0.3) is 5.91 Å².